The van der Waals surface area contributed by atoms with Gasteiger partial charge in [0, 0.05) is 38.8 Å². The maximum atomic E-state index is 13.0. The Kier molecular flexibility index (Phi) is 7.64. The van der Waals surface area contributed by atoms with E-state index >= 15 is 0 Å². The summed E-state index contributed by atoms with van der Waals surface area (Å²) in [7, 11) is 0. The first-order chi connectivity index (χ1) is 16.0. The van der Waals surface area contributed by atoms with Crippen molar-refractivity contribution >= 4 is 0 Å². The molecule has 4 rings (SSSR count). The molecule has 0 aromatic heterocycles. The number of aryl methyl sites for hydroxylation is 1. The van der Waals surface area contributed by atoms with Gasteiger partial charge in [0.05, 0.1) is 11.5 Å². The molecule has 2 aromatic carbocycles. The molecule has 1 N–H and O–H groups in total. The van der Waals surface area contributed by atoms with Gasteiger partial charge in [-0.15, -0.1) is 0 Å². The molecule has 1 aliphatic carbocycles. The first-order valence-corrected chi connectivity index (χ1v) is 12.0. The lowest BCUT2D eigenvalue weighted by atomic mass is 9.68. The number of benzene rings is 2. The molecular weight excluding hydrogens is 417 g/mol. The smallest absolute Gasteiger partial charge is 0.123 e. The third kappa shape index (κ3) is 5.73. The number of piperazine rings is 1. The van der Waals surface area contributed by atoms with Gasteiger partial charge in [-0.2, -0.15) is 5.26 Å². The number of ether oxygens (including phenoxy) is 1. The standard InChI is InChI=1S/C27H34FN3O2/c1-21-4-2-3-5-26(21)27(20-29)12-10-23(11-13-27)31-16-14-30(15-17-31)18-24(32)19-33-25-8-6-22(28)7-9-25/h2-9,23-24,32H,10-19H2,1H3. The second-order valence-electron chi connectivity index (χ2n) is 9.50. The quantitative estimate of drug-likeness (QED) is 0.692. The van der Waals surface area contributed by atoms with Crippen LogP contribution in [0.4, 0.5) is 4.39 Å². The topological polar surface area (TPSA) is 59.7 Å². The van der Waals surface area contributed by atoms with Crippen molar-refractivity contribution in [2.24, 2.45) is 0 Å². The van der Waals surface area contributed by atoms with E-state index in [2.05, 4.69) is 34.9 Å². The molecule has 0 radical (unpaired) electrons. The van der Waals surface area contributed by atoms with Crippen molar-refractivity contribution in [3.05, 3.63) is 65.5 Å². The summed E-state index contributed by atoms with van der Waals surface area (Å²) in [6.45, 7) is 6.70. The predicted molar refractivity (Wildman–Crippen MR) is 127 cm³/mol. The summed E-state index contributed by atoms with van der Waals surface area (Å²) < 4.78 is 18.6. The highest BCUT2D eigenvalue weighted by Gasteiger charge is 2.39. The van der Waals surface area contributed by atoms with Gasteiger partial charge in [-0.1, -0.05) is 24.3 Å². The Bertz CT molecular complexity index is 943. The number of aliphatic hydroxyl groups excluding tert-OH is 1. The van der Waals surface area contributed by atoms with Gasteiger partial charge in [0.2, 0.25) is 0 Å². The van der Waals surface area contributed by atoms with E-state index in [9.17, 15) is 14.8 Å². The van der Waals surface area contributed by atoms with Crippen molar-refractivity contribution in [3.63, 3.8) is 0 Å². The number of halogens is 1. The van der Waals surface area contributed by atoms with Gasteiger partial charge in [-0.3, -0.25) is 9.80 Å². The van der Waals surface area contributed by atoms with Crippen molar-refractivity contribution in [1.82, 2.24) is 9.80 Å². The molecule has 0 spiro atoms. The Morgan fingerprint density at radius 1 is 1.09 bits per heavy atom. The van der Waals surface area contributed by atoms with Crippen molar-refractivity contribution in [2.45, 2.75) is 50.2 Å². The number of hydrogen-bond acceptors (Lipinski definition) is 5. The zero-order chi connectivity index (χ0) is 23.3. The zero-order valence-corrected chi connectivity index (χ0v) is 19.4. The van der Waals surface area contributed by atoms with E-state index in [1.54, 1.807) is 12.1 Å². The zero-order valence-electron chi connectivity index (χ0n) is 19.4. The minimum absolute atomic E-state index is 0.198. The number of nitriles is 1. The van der Waals surface area contributed by atoms with Crippen molar-refractivity contribution in [2.75, 3.05) is 39.3 Å². The lowest BCUT2D eigenvalue weighted by Crippen LogP contribution is -2.53. The molecule has 1 heterocycles. The van der Waals surface area contributed by atoms with Crippen LogP contribution >= 0.6 is 0 Å². The first-order valence-electron chi connectivity index (χ1n) is 12.0. The van der Waals surface area contributed by atoms with E-state index in [1.807, 2.05) is 12.1 Å². The number of β-amino-alcohol motifs (C(OH)–C–C–N with tert-alkyl or cyclic N) is 1. The van der Waals surface area contributed by atoms with Gasteiger partial charge in [0.15, 0.2) is 0 Å². The third-order valence-corrected chi connectivity index (χ3v) is 7.33. The molecule has 176 valence electrons. The van der Waals surface area contributed by atoms with E-state index in [1.165, 1.54) is 23.3 Å². The monoisotopic (exact) mass is 451 g/mol. The molecule has 6 heteroatoms. The van der Waals surface area contributed by atoms with Crippen LogP contribution in [0.5, 0.6) is 5.75 Å². The Balaban J connectivity index is 1.21. The largest absolute Gasteiger partial charge is 0.491 e. The molecule has 5 nitrogen and oxygen atoms in total. The highest BCUT2D eigenvalue weighted by molar-refractivity contribution is 5.39. The van der Waals surface area contributed by atoms with Crippen molar-refractivity contribution in [1.29, 1.82) is 5.26 Å². The average Bonchev–Trinajstić information content (AvgIpc) is 2.85. The molecule has 0 bridgehead atoms. The highest BCUT2D eigenvalue weighted by atomic mass is 19.1. The molecule has 2 fully saturated rings. The molecular formula is C27H34FN3O2. The molecule has 2 aromatic rings. The molecule has 2 aliphatic rings. The molecule has 1 saturated carbocycles. The van der Waals surface area contributed by atoms with E-state index in [0.29, 0.717) is 18.3 Å². The summed E-state index contributed by atoms with van der Waals surface area (Å²) in [5, 5.41) is 20.4. The summed E-state index contributed by atoms with van der Waals surface area (Å²) >= 11 is 0. The summed E-state index contributed by atoms with van der Waals surface area (Å²) in [5.74, 6) is 0.268. The molecule has 1 aliphatic heterocycles. The van der Waals surface area contributed by atoms with E-state index in [4.69, 9.17) is 4.74 Å². The molecule has 0 amide bonds. The van der Waals surface area contributed by atoms with Gasteiger partial charge in [-0.25, -0.2) is 4.39 Å². The lowest BCUT2D eigenvalue weighted by Gasteiger charge is -2.44. The average molecular weight is 452 g/mol. The summed E-state index contributed by atoms with van der Waals surface area (Å²) in [5.41, 5.74) is 2.07. The van der Waals surface area contributed by atoms with E-state index in [0.717, 1.165) is 51.9 Å². The Morgan fingerprint density at radius 3 is 2.39 bits per heavy atom. The number of aliphatic hydroxyl groups is 1. The van der Waals surface area contributed by atoms with Crippen LogP contribution in [0.1, 0.15) is 36.8 Å². The van der Waals surface area contributed by atoms with Crippen LogP contribution in [0.3, 0.4) is 0 Å². The van der Waals surface area contributed by atoms with Gasteiger partial charge in [-0.05, 0) is 68.0 Å². The normalized spacial score (nSPS) is 25.3. The minimum Gasteiger partial charge on any atom is -0.491 e. The number of nitrogens with zero attached hydrogens (tertiary/aromatic N) is 3. The maximum Gasteiger partial charge on any atom is 0.123 e. The van der Waals surface area contributed by atoms with Crippen LogP contribution in [0.2, 0.25) is 0 Å². The second-order valence-corrected chi connectivity index (χ2v) is 9.50. The Morgan fingerprint density at radius 2 is 1.76 bits per heavy atom. The molecule has 33 heavy (non-hydrogen) atoms. The number of rotatable bonds is 7. The van der Waals surface area contributed by atoms with Crippen LogP contribution in [-0.2, 0) is 5.41 Å². The van der Waals surface area contributed by atoms with E-state index in [-0.39, 0.29) is 17.8 Å². The Hall–Kier alpha value is -2.46. The fourth-order valence-electron chi connectivity index (χ4n) is 5.40. The maximum absolute atomic E-state index is 13.0. The van der Waals surface area contributed by atoms with Crippen LogP contribution in [-0.4, -0.2) is 66.4 Å². The second kappa shape index (κ2) is 10.6. The molecule has 1 atom stereocenters. The van der Waals surface area contributed by atoms with Gasteiger partial charge in [0.25, 0.3) is 0 Å². The predicted octanol–water partition coefficient (Wildman–Crippen LogP) is 3.90. The fourth-order valence-corrected chi connectivity index (χ4v) is 5.40. The van der Waals surface area contributed by atoms with E-state index < -0.39 is 6.10 Å². The van der Waals surface area contributed by atoms with Crippen molar-refractivity contribution < 1.29 is 14.2 Å². The molecule has 1 unspecified atom stereocenters. The van der Waals surface area contributed by atoms with Crippen molar-refractivity contribution in [3.8, 4) is 11.8 Å². The van der Waals surface area contributed by atoms with Crippen LogP contribution in [0, 0.1) is 24.1 Å². The Labute approximate surface area is 196 Å². The number of hydrogen-bond donors (Lipinski definition) is 1. The van der Waals surface area contributed by atoms with Crippen LogP contribution in [0.15, 0.2) is 48.5 Å². The molecule has 1 saturated heterocycles. The SMILES string of the molecule is Cc1ccccc1C1(C#N)CCC(N2CCN(CC(O)COc3ccc(F)cc3)CC2)CC1. The minimum atomic E-state index is -0.582. The summed E-state index contributed by atoms with van der Waals surface area (Å²) in [6.07, 6.45) is 3.35. The van der Waals surface area contributed by atoms with Gasteiger partial charge >= 0.3 is 0 Å². The van der Waals surface area contributed by atoms with Gasteiger partial charge < -0.3 is 9.84 Å². The van der Waals surface area contributed by atoms with Gasteiger partial charge in [0.1, 0.15) is 24.3 Å². The first kappa shape index (κ1) is 23.7. The van der Waals surface area contributed by atoms with Crippen LogP contribution in [0.25, 0.3) is 0 Å². The summed E-state index contributed by atoms with van der Waals surface area (Å²) in [4.78, 5) is 4.85. The lowest BCUT2D eigenvalue weighted by molar-refractivity contribution is 0.0285. The third-order valence-electron chi connectivity index (χ3n) is 7.33. The highest BCUT2D eigenvalue weighted by Crippen LogP contribution is 2.41. The fraction of sp³-hybridized carbons (Fsp3) is 0.519. The van der Waals surface area contributed by atoms with Crippen LogP contribution < -0.4 is 4.74 Å². The summed E-state index contributed by atoms with van der Waals surface area (Å²) in [6, 6.07) is 17.4.